The molecule has 41 heavy (non-hydrogen) atoms. The summed E-state index contributed by atoms with van der Waals surface area (Å²) in [6.07, 6.45) is 7.89. The van der Waals surface area contributed by atoms with Crippen LogP contribution in [0.15, 0.2) is 72.8 Å². The average molecular weight is 561 g/mol. The summed E-state index contributed by atoms with van der Waals surface area (Å²) in [5.41, 5.74) is 2.43. The van der Waals surface area contributed by atoms with Crippen molar-refractivity contribution in [3.05, 3.63) is 83.9 Å². The van der Waals surface area contributed by atoms with Crippen LogP contribution in [-0.4, -0.2) is 37.9 Å². The topological polar surface area (TPSA) is 71.1 Å². The fourth-order valence-corrected chi connectivity index (χ4v) is 4.65. The molecule has 3 aromatic rings. The van der Waals surface area contributed by atoms with Crippen LogP contribution in [0.1, 0.15) is 92.9 Å². The van der Waals surface area contributed by atoms with Gasteiger partial charge in [0.05, 0.1) is 24.4 Å². The predicted molar refractivity (Wildman–Crippen MR) is 163 cm³/mol. The molecule has 1 unspecified atom stereocenters. The van der Waals surface area contributed by atoms with Gasteiger partial charge in [-0.15, -0.1) is 0 Å². The number of esters is 2. The van der Waals surface area contributed by atoms with E-state index < -0.39 is 11.9 Å². The predicted octanol–water partition coefficient (Wildman–Crippen LogP) is 8.67. The molecule has 0 saturated heterocycles. The Balaban J connectivity index is 1.74. The minimum Gasteiger partial charge on any atom is -0.493 e. The van der Waals surface area contributed by atoms with Crippen LogP contribution in [0.25, 0.3) is 11.1 Å². The second-order valence-electron chi connectivity index (χ2n) is 10.3. The van der Waals surface area contributed by atoms with Crippen LogP contribution < -0.4 is 9.47 Å². The van der Waals surface area contributed by atoms with Crippen molar-refractivity contribution in [1.82, 2.24) is 0 Å². The molecule has 0 radical (unpaired) electrons. The molecule has 0 aliphatic rings. The first-order valence-electron chi connectivity index (χ1n) is 14.8. The molecule has 0 bridgehead atoms. The lowest BCUT2D eigenvalue weighted by Crippen LogP contribution is -2.17. The number of hydrogen-bond acceptors (Lipinski definition) is 6. The van der Waals surface area contributed by atoms with Crippen molar-refractivity contribution >= 4 is 11.9 Å². The molecule has 0 N–H and O–H groups in total. The number of carbonyl (C=O) groups is 2. The number of benzene rings is 3. The Morgan fingerprint density at radius 2 is 1.54 bits per heavy atom. The molecule has 0 aliphatic carbocycles. The summed E-state index contributed by atoms with van der Waals surface area (Å²) in [7, 11) is 1.73. The highest BCUT2D eigenvalue weighted by Crippen LogP contribution is 2.32. The Hall–Kier alpha value is -3.64. The van der Waals surface area contributed by atoms with E-state index in [1.165, 1.54) is 6.42 Å². The van der Waals surface area contributed by atoms with Crippen molar-refractivity contribution in [2.45, 2.75) is 84.3 Å². The van der Waals surface area contributed by atoms with Crippen molar-refractivity contribution < 1.29 is 28.5 Å². The highest BCUT2D eigenvalue weighted by atomic mass is 16.6. The molecule has 0 aliphatic heterocycles. The summed E-state index contributed by atoms with van der Waals surface area (Å²) < 4.78 is 23.0. The van der Waals surface area contributed by atoms with Crippen LogP contribution in [0.5, 0.6) is 11.5 Å². The Morgan fingerprint density at radius 1 is 0.780 bits per heavy atom. The van der Waals surface area contributed by atoms with E-state index >= 15 is 0 Å². The summed E-state index contributed by atoms with van der Waals surface area (Å²) in [6.45, 7) is 6.65. The molecule has 6 nitrogen and oxygen atoms in total. The molecule has 3 rings (SSSR count). The molecule has 0 fully saturated rings. The highest BCUT2D eigenvalue weighted by molar-refractivity contribution is 5.97. The van der Waals surface area contributed by atoms with E-state index in [0.717, 1.165) is 56.1 Å². The van der Waals surface area contributed by atoms with Gasteiger partial charge in [0.1, 0.15) is 17.1 Å². The zero-order valence-electron chi connectivity index (χ0n) is 24.9. The minimum absolute atomic E-state index is 0.167. The quantitative estimate of drug-likeness (QED) is 0.0934. The molecule has 0 heterocycles. The molecule has 0 saturated carbocycles. The molecule has 3 aromatic carbocycles. The lowest BCUT2D eigenvalue weighted by Gasteiger charge is -2.16. The second-order valence-corrected chi connectivity index (χ2v) is 10.3. The summed E-state index contributed by atoms with van der Waals surface area (Å²) in [4.78, 5) is 26.2. The number of ether oxygens (including phenoxy) is 4. The number of rotatable bonds is 17. The largest absolute Gasteiger partial charge is 0.493 e. The average Bonchev–Trinajstić information content (AvgIpc) is 3.00. The van der Waals surface area contributed by atoms with Crippen LogP contribution in [0, 0.1) is 0 Å². The maximum absolute atomic E-state index is 13.3. The van der Waals surface area contributed by atoms with Gasteiger partial charge in [-0.05, 0) is 74.9 Å². The van der Waals surface area contributed by atoms with Gasteiger partial charge in [0, 0.05) is 12.7 Å². The van der Waals surface area contributed by atoms with Crippen LogP contribution >= 0.6 is 0 Å². The first kappa shape index (κ1) is 31.9. The fourth-order valence-electron chi connectivity index (χ4n) is 4.65. The molecular weight excluding hydrogens is 516 g/mol. The number of methoxy groups -OCH3 is 1. The minimum atomic E-state index is -0.576. The van der Waals surface area contributed by atoms with Gasteiger partial charge in [-0.3, -0.25) is 0 Å². The van der Waals surface area contributed by atoms with Crippen molar-refractivity contribution in [3.63, 3.8) is 0 Å². The third kappa shape index (κ3) is 10.0. The summed E-state index contributed by atoms with van der Waals surface area (Å²) in [5.74, 6) is -0.310. The lowest BCUT2D eigenvalue weighted by atomic mass is 10.0. The van der Waals surface area contributed by atoms with E-state index in [4.69, 9.17) is 18.9 Å². The van der Waals surface area contributed by atoms with E-state index in [0.29, 0.717) is 17.9 Å². The number of unbranched alkanes of at least 4 members (excludes halogenated alkanes) is 3. The fraction of sp³-hybridized carbons (Fsp3) is 0.429. The van der Waals surface area contributed by atoms with Crippen LogP contribution in [0.2, 0.25) is 0 Å². The molecule has 0 spiro atoms. The van der Waals surface area contributed by atoms with Crippen molar-refractivity contribution in [2.75, 3.05) is 13.7 Å². The van der Waals surface area contributed by atoms with Gasteiger partial charge < -0.3 is 18.9 Å². The van der Waals surface area contributed by atoms with Gasteiger partial charge in [0.25, 0.3) is 0 Å². The van der Waals surface area contributed by atoms with E-state index in [1.807, 2.05) is 43.3 Å². The third-order valence-electron chi connectivity index (χ3n) is 7.10. The monoisotopic (exact) mass is 560 g/mol. The van der Waals surface area contributed by atoms with E-state index in [9.17, 15) is 9.59 Å². The van der Waals surface area contributed by atoms with E-state index in [2.05, 4.69) is 13.8 Å². The normalized spacial score (nSPS) is 12.4. The Kier molecular flexibility index (Phi) is 13.4. The summed E-state index contributed by atoms with van der Waals surface area (Å²) in [5, 5.41) is 0. The second kappa shape index (κ2) is 17.2. The van der Waals surface area contributed by atoms with Crippen LogP contribution in [0.4, 0.5) is 0 Å². The molecule has 0 amide bonds. The first-order valence-corrected chi connectivity index (χ1v) is 14.8. The third-order valence-corrected chi connectivity index (χ3v) is 7.10. The van der Waals surface area contributed by atoms with Crippen molar-refractivity contribution in [1.29, 1.82) is 0 Å². The Bertz CT molecular complexity index is 1220. The Labute approximate surface area is 245 Å². The standard InChI is InChI=1S/C35H44O6/c1-5-7-8-10-16-26(3)40-35(37)31-20-13-14-21-32(31)41-34(36)28-22-23-30(27-17-11-9-12-18-27)33(25-28)39-24-15-19-29(6-2)38-4/h9,11-14,17-18,20-23,25-26,29H,5-8,10,15-16,19,24H2,1-4H3/t26?,29-/m1/s1. The van der Waals surface area contributed by atoms with Gasteiger partial charge in [-0.1, -0.05) is 75.6 Å². The van der Waals surface area contributed by atoms with Crippen molar-refractivity contribution in [2.24, 2.45) is 0 Å². The maximum atomic E-state index is 13.3. The smallest absolute Gasteiger partial charge is 0.343 e. The van der Waals surface area contributed by atoms with Crippen LogP contribution in [0.3, 0.4) is 0 Å². The molecule has 0 aromatic heterocycles. The first-order chi connectivity index (χ1) is 20.0. The molecule has 220 valence electrons. The van der Waals surface area contributed by atoms with Gasteiger partial charge in [0.15, 0.2) is 0 Å². The van der Waals surface area contributed by atoms with Gasteiger partial charge >= 0.3 is 11.9 Å². The Morgan fingerprint density at radius 3 is 2.27 bits per heavy atom. The van der Waals surface area contributed by atoms with E-state index in [-0.39, 0.29) is 23.5 Å². The zero-order valence-corrected chi connectivity index (χ0v) is 24.9. The van der Waals surface area contributed by atoms with Crippen LogP contribution in [-0.2, 0) is 9.47 Å². The summed E-state index contributed by atoms with van der Waals surface area (Å²) in [6, 6.07) is 21.9. The maximum Gasteiger partial charge on any atom is 0.343 e. The van der Waals surface area contributed by atoms with Gasteiger partial charge in [-0.2, -0.15) is 0 Å². The zero-order chi connectivity index (χ0) is 29.5. The number of carbonyl (C=O) groups excluding carboxylic acids is 2. The summed E-state index contributed by atoms with van der Waals surface area (Å²) >= 11 is 0. The van der Waals surface area contributed by atoms with Crippen molar-refractivity contribution in [3.8, 4) is 22.6 Å². The molecular formula is C35H44O6. The highest BCUT2D eigenvalue weighted by Gasteiger charge is 2.20. The van der Waals surface area contributed by atoms with Gasteiger partial charge in [-0.25, -0.2) is 9.59 Å². The SMILES string of the molecule is CCCCCCC(C)OC(=O)c1ccccc1OC(=O)c1ccc(-c2ccccc2)c(OCCC[C@@H](CC)OC)c1. The number of para-hydroxylation sites is 1. The number of hydrogen-bond donors (Lipinski definition) is 0. The molecule has 2 atom stereocenters. The molecule has 6 heteroatoms. The van der Waals surface area contributed by atoms with E-state index in [1.54, 1.807) is 43.5 Å². The lowest BCUT2D eigenvalue weighted by molar-refractivity contribution is 0.0315. The van der Waals surface area contributed by atoms with Gasteiger partial charge in [0.2, 0.25) is 0 Å².